The molecule has 3 aliphatic rings. The molecule has 64 heavy (non-hydrogen) atoms. The van der Waals surface area contributed by atoms with Gasteiger partial charge in [-0.3, -0.25) is 34.2 Å². The first-order valence-corrected chi connectivity index (χ1v) is 21.9. The second-order valence-electron chi connectivity index (χ2n) is 14.5. The Labute approximate surface area is 376 Å². The molecular weight excluding hydrogens is 879 g/mol. The molecule has 0 bridgehead atoms. The van der Waals surface area contributed by atoms with Gasteiger partial charge in [0.05, 0.1) is 100 Å². The molecule has 0 radical (unpaired) electrons. The lowest BCUT2D eigenvalue weighted by molar-refractivity contribution is -0.136. The van der Waals surface area contributed by atoms with Crippen LogP contribution in [0.3, 0.4) is 0 Å². The van der Waals surface area contributed by atoms with E-state index in [1.807, 2.05) is 0 Å². The Hall–Kier alpha value is -5.32. The van der Waals surface area contributed by atoms with Crippen molar-refractivity contribution < 1.29 is 61.5 Å². The Morgan fingerprint density at radius 1 is 0.891 bits per heavy atom. The monoisotopic (exact) mass is 924 g/mol. The lowest BCUT2D eigenvalue weighted by Crippen LogP contribution is -2.54. The summed E-state index contributed by atoms with van der Waals surface area (Å²) in [7, 11) is 0. The van der Waals surface area contributed by atoms with Crippen molar-refractivity contribution in [2.45, 2.75) is 36.3 Å². The van der Waals surface area contributed by atoms with Gasteiger partial charge in [-0.05, 0) is 42.8 Å². The second-order valence-corrected chi connectivity index (χ2v) is 16.0. The highest BCUT2D eigenvalue weighted by atomic mass is 35.5. The van der Waals surface area contributed by atoms with Crippen LogP contribution in [0.4, 0.5) is 21.6 Å². The first-order chi connectivity index (χ1) is 31.2. The van der Waals surface area contributed by atoms with Gasteiger partial charge in [0.1, 0.15) is 42.5 Å². The average molecular weight is 925 g/mol. The Kier molecular flexibility index (Phi) is 16.8. The molecule has 0 spiro atoms. The van der Waals surface area contributed by atoms with Crippen molar-refractivity contribution in [1.82, 2.24) is 20.2 Å². The van der Waals surface area contributed by atoms with Gasteiger partial charge < -0.3 is 43.8 Å². The standard InChI is InChI=1S/C43H46ClFN6O12S/c44-30-20-26(4-5-31(30)45)48-40-29-21-33(35(22-32(29)46-25-47-40)63-27-8-9-61-23-27)49-38(53)24-62-17-16-59-13-12-57-10-11-58-14-15-60-18-19-64-36-3-1-2-28-39(36)43(56)51(42(28)55)34-6-7-37(52)50-41(34)54/h1-5,20-22,25,27,34H,6-19,23-24H2,(H,49,53)(H,46,47,48)(H,50,52,54)/t27-,34?/m0/s1. The quantitative estimate of drug-likeness (QED) is 0.0500. The number of carbonyl (C=O) groups is 5. The number of imide groups is 2. The van der Waals surface area contributed by atoms with E-state index in [1.165, 1.54) is 36.3 Å². The van der Waals surface area contributed by atoms with Gasteiger partial charge in [0.15, 0.2) is 0 Å². The molecule has 4 heterocycles. The number of ether oxygens (including phenoxy) is 7. The number of hydrogen-bond acceptors (Lipinski definition) is 16. The number of hydrogen-bond donors (Lipinski definition) is 3. The van der Waals surface area contributed by atoms with E-state index in [1.54, 1.807) is 30.3 Å². The highest BCUT2D eigenvalue weighted by molar-refractivity contribution is 7.99. The average Bonchev–Trinajstić information content (AvgIpc) is 3.89. The molecule has 2 fully saturated rings. The summed E-state index contributed by atoms with van der Waals surface area (Å²) in [5.74, 6) is -1.77. The van der Waals surface area contributed by atoms with Crippen LogP contribution in [0.5, 0.6) is 5.75 Å². The molecule has 5 amide bonds. The number of piperidine rings is 1. The fraction of sp³-hybridized carbons (Fsp3) is 0.419. The third kappa shape index (κ3) is 12.3. The fourth-order valence-corrected chi connectivity index (χ4v) is 8.04. The van der Waals surface area contributed by atoms with Crippen LogP contribution in [0.25, 0.3) is 10.9 Å². The van der Waals surface area contributed by atoms with Crippen molar-refractivity contribution in [2.24, 2.45) is 0 Å². The minimum absolute atomic E-state index is 0.0443. The summed E-state index contributed by atoms with van der Waals surface area (Å²) < 4.78 is 53.2. The van der Waals surface area contributed by atoms with E-state index in [4.69, 9.17) is 44.8 Å². The normalized spacial score (nSPS) is 17.2. The summed E-state index contributed by atoms with van der Waals surface area (Å²) >= 11 is 7.35. The SMILES string of the molecule is O=C1CCC(N2C(=O)c3cccc(SCCOCCOCCOCCOCCOCC(=O)Nc4cc5c(Nc6ccc(F)c(Cl)c6)ncnc5cc4O[C@H]4CCOC4)c3C2=O)C(=O)N1. The minimum atomic E-state index is -1.02. The third-order valence-electron chi connectivity index (χ3n) is 10.0. The van der Waals surface area contributed by atoms with Crippen LogP contribution < -0.4 is 20.7 Å². The molecule has 2 saturated heterocycles. The fourth-order valence-electron chi connectivity index (χ4n) is 6.92. The lowest BCUT2D eigenvalue weighted by atomic mass is 10.0. The zero-order chi connectivity index (χ0) is 44.8. The molecule has 1 aromatic heterocycles. The van der Waals surface area contributed by atoms with E-state index in [9.17, 15) is 28.4 Å². The van der Waals surface area contributed by atoms with Crippen molar-refractivity contribution in [3.8, 4) is 5.75 Å². The number of nitrogens with one attached hydrogen (secondary N) is 3. The Morgan fingerprint density at radius 3 is 2.33 bits per heavy atom. The van der Waals surface area contributed by atoms with Crippen LogP contribution in [0.15, 0.2) is 59.8 Å². The van der Waals surface area contributed by atoms with Crippen LogP contribution in [0.1, 0.15) is 40.0 Å². The molecule has 18 nitrogen and oxygen atoms in total. The molecular formula is C43H46ClFN6O12S. The largest absolute Gasteiger partial charge is 0.486 e. The maximum atomic E-state index is 13.8. The highest BCUT2D eigenvalue weighted by Gasteiger charge is 2.45. The van der Waals surface area contributed by atoms with Gasteiger partial charge in [-0.2, -0.15) is 0 Å². The number of anilines is 3. The van der Waals surface area contributed by atoms with Gasteiger partial charge in [-0.15, -0.1) is 11.8 Å². The van der Waals surface area contributed by atoms with Gasteiger partial charge in [0.25, 0.3) is 11.8 Å². The van der Waals surface area contributed by atoms with E-state index in [-0.39, 0.29) is 54.9 Å². The number of fused-ring (bicyclic) bond motifs is 2. The maximum absolute atomic E-state index is 13.8. The molecule has 4 aromatic rings. The molecule has 3 aromatic carbocycles. The zero-order valence-corrected chi connectivity index (χ0v) is 36.1. The van der Waals surface area contributed by atoms with E-state index < -0.39 is 41.4 Å². The number of benzene rings is 3. The summed E-state index contributed by atoms with van der Waals surface area (Å²) in [5, 5.41) is 8.73. The van der Waals surface area contributed by atoms with Crippen LogP contribution >= 0.6 is 23.4 Å². The number of rotatable bonds is 24. The summed E-state index contributed by atoms with van der Waals surface area (Å²) in [6.07, 6.45) is 2.04. The molecule has 7 rings (SSSR count). The molecule has 0 aliphatic carbocycles. The number of aromatic nitrogens is 2. The Balaban J connectivity index is 0.733. The number of thioether (sulfide) groups is 1. The van der Waals surface area contributed by atoms with Gasteiger partial charge in [-0.1, -0.05) is 17.7 Å². The lowest BCUT2D eigenvalue weighted by Gasteiger charge is -2.27. The van der Waals surface area contributed by atoms with Gasteiger partial charge in [0, 0.05) is 40.6 Å². The Bertz CT molecular complexity index is 2340. The van der Waals surface area contributed by atoms with E-state index >= 15 is 0 Å². The van der Waals surface area contributed by atoms with Crippen molar-refractivity contribution in [3.05, 3.63) is 76.8 Å². The van der Waals surface area contributed by atoms with Crippen molar-refractivity contribution in [2.75, 3.05) is 95.7 Å². The van der Waals surface area contributed by atoms with E-state index in [0.717, 1.165) is 4.90 Å². The molecule has 0 saturated carbocycles. The molecule has 3 aliphatic heterocycles. The molecule has 1 unspecified atom stereocenters. The van der Waals surface area contributed by atoms with Crippen LogP contribution in [-0.4, -0.2) is 142 Å². The second kappa shape index (κ2) is 23.0. The van der Waals surface area contributed by atoms with Crippen LogP contribution in [-0.2, 0) is 42.8 Å². The summed E-state index contributed by atoms with van der Waals surface area (Å²) in [5.41, 5.74) is 1.95. The Morgan fingerprint density at radius 2 is 1.62 bits per heavy atom. The first-order valence-electron chi connectivity index (χ1n) is 20.6. The third-order valence-corrected chi connectivity index (χ3v) is 11.3. The highest BCUT2D eigenvalue weighted by Crippen LogP contribution is 2.36. The number of carbonyl (C=O) groups excluding carboxylic acids is 5. The minimum Gasteiger partial charge on any atom is -0.486 e. The first kappa shape index (κ1) is 46.7. The summed E-state index contributed by atoms with van der Waals surface area (Å²) in [4.78, 5) is 73.5. The molecule has 2 atom stereocenters. The molecule has 21 heteroatoms. The number of nitrogens with zero attached hydrogens (tertiary/aromatic N) is 3. The van der Waals surface area contributed by atoms with E-state index in [2.05, 4.69) is 25.9 Å². The molecule has 340 valence electrons. The van der Waals surface area contributed by atoms with Crippen LogP contribution in [0.2, 0.25) is 5.02 Å². The van der Waals surface area contributed by atoms with Crippen molar-refractivity contribution >= 4 is 81.0 Å². The number of halogens is 2. The molecule has 3 N–H and O–H groups in total. The predicted octanol–water partition coefficient (Wildman–Crippen LogP) is 4.55. The van der Waals surface area contributed by atoms with E-state index in [0.29, 0.717) is 110 Å². The summed E-state index contributed by atoms with van der Waals surface area (Å²) in [6.45, 7) is 3.63. The zero-order valence-electron chi connectivity index (χ0n) is 34.6. The topological polar surface area (TPSA) is 215 Å². The predicted molar refractivity (Wildman–Crippen MR) is 231 cm³/mol. The van der Waals surface area contributed by atoms with Gasteiger partial charge in [0.2, 0.25) is 17.7 Å². The van der Waals surface area contributed by atoms with Crippen molar-refractivity contribution in [1.29, 1.82) is 0 Å². The van der Waals surface area contributed by atoms with Gasteiger partial charge in [-0.25, -0.2) is 14.4 Å². The van der Waals surface area contributed by atoms with Gasteiger partial charge >= 0.3 is 0 Å². The van der Waals surface area contributed by atoms with Crippen molar-refractivity contribution in [3.63, 3.8) is 0 Å². The number of amides is 5. The van der Waals surface area contributed by atoms with Crippen LogP contribution in [0, 0.1) is 5.82 Å². The summed E-state index contributed by atoms with van der Waals surface area (Å²) in [6, 6.07) is 11.6. The maximum Gasteiger partial charge on any atom is 0.263 e. The smallest absolute Gasteiger partial charge is 0.263 e.